The quantitative estimate of drug-likeness (QED) is 0.132. The van der Waals surface area contributed by atoms with Crippen LogP contribution in [0.25, 0.3) is 0 Å². The zero-order chi connectivity index (χ0) is 62.6. The van der Waals surface area contributed by atoms with E-state index in [0.29, 0.717) is 23.4 Å². The second-order valence-electron chi connectivity index (χ2n) is 23.2. The number of hydrogen-bond acceptors (Lipinski definition) is 9. The van der Waals surface area contributed by atoms with Crippen molar-refractivity contribution in [1.29, 1.82) is 0 Å². The Morgan fingerprint density at radius 2 is 0.541 bits per heavy atom. The maximum atomic E-state index is 11.5. The van der Waals surface area contributed by atoms with E-state index in [1.165, 1.54) is 109 Å². The van der Waals surface area contributed by atoms with Crippen molar-refractivity contribution in [3.8, 4) is 0 Å². The molecule has 5 saturated heterocycles. The summed E-state index contributed by atoms with van der Waals surface area (Å²) >= 11 is 0. The summed E-state index contributed by atoms with van der Waals surface area (Å²) in [6.07, 6.45) is 55.0. The van der Waals surface area contributed by atoms with Crippen molar-refractivity contribution >= 4 is 41.1 Å². The molecule has 85 heavy (non-hydrogen) atoms. The molecule has 0 unspecified atom stereocenters. The number of hydrogen-bond donors (Lipinski definition) is 1. The Balaban J connectivity index is 0.000000496. The number of amides is 5. The lowest BCUT2D eigenvalue weighted by molar-refractivity contribution is -0.128. The molecule has 7 aliphatic rings. The fourth-order valence-corrected chi connectivity index (χ4v) is 10.5. The van der Waals surface area contributed by atoms with E-state index in [0.717, 1.165) is 149 Å². The van der Waals surface area contributed by atoms with Gasteiger partial charge in [-0.1, -0.05) is 149 Å². The molecule has 0 aromatic carbocycles. The molecule has 5 aliphatic heterocycles. The van der Waals surface area contributed by atoms with Gasteiger partial charge in [-0.2, -0.15) is 0 Å². The average Bonchev–Trinajstić information content (AvgIpc) is 4.29. The molecule has 7 fully saturated rings. The van der Waals surface area contributed by atoms with E-state index in [2.05, 4.69) is 31.1 Å². The predicted octanol–water partition coefficient (Wildman–Crippen LogP) is 13.2. The van der Waals surface area contributed by atoms with Crippen LogP contribution in [0.1, 0.15) is 215 Å². The van der Waals surface area contributed by atoms with Crippen LogP contribution in [0, 0.1) is 11.8 Å². The van der Waals surface area contributed by atoms with Crippen LogP contribution in [0.2, 0.25) is 0 Å². The fourth-order valence-electron chi connectivity index (χ4n) is 10.5. The van der Waals surface area contributed by atoms with E-state index < -0.39 is 0 Å². The maximum Gasteiger partial charge on any atom is 0.246 e. The van der Waals surface area contributed by atoms with E-state index in [-0.39, 0.29) is 29.5 Å². The summed E-state index contributed by atoms with van der Waals surface area (Å²) in [4.78, 5) is 91.4. The highest BCUT2D eigenvalue weighted by Gasteiger charge is 2.20. The number of carbonyl (C=O) groups excluding carboxylic acids is 7. The fraction of sp³-hybridized carbons (Fsp3) is 0.704. The zero-order valence-electron chi connectivity index (χ0n) is 55.1. The van der Waals surface area contributed by atoms with Crippen molar-refractivity contribution in [2.24, 2.45) is 11.8 Å². The standard InChI is InChI=1S/C12H20O.C11H18O.C10H18N2O.2C10H17NO.C9H16N2O.C9H15NO/c1-2-3-9-12(13)10-11-7-5-4-6-8-11;1-2-3-8-11(12)9-10-6-4-5-7-10;1-3-4-5-10(13)12-8-6-11(2)7-9-12;2*1-2-3-7-10(12)11-8-5-4-6-9-11;1-2-3-4-9(12)11-7-5-10-6-8-11;1-2-3-6-9(11)10-7-4-5-8-10/h3,9,11H,2,4-8,10H2,1H3;3,8,10H,2,4-7,9H2,1H3;4-5H,3,6-9H2,1-2H3;2*3,7H,2,4-6,8-9H2,1H3;3-4,10H,2,5-8H2,1H3;3,6H,2,4-5,7-8H2,1H3/b9-3+;8-3+;5-4+;2*7-3+;4-3+;6-3+. The summed E-state index contributed by atoms with van der Waals surface area (Å²) in [6.45, 7) is 27.2. The third-order valence-electron chi connectivity index (χ3n) is 15.7. The van der Waals surface area contributed by atoms with Gasteiger partial charge in [-0.15, -0.1) is 0 Å². The first-order valence-corrected chi connectivity index (χ1v) is 33.8. The SMILES string of the molecule is CC/C=C/C(=O)CC1CCCC1.CC/C=C/C(=O)CC1CCCCC1.CC/C=C/C(=O)N1CCCC1.CC/C=C/C(=O)N1CCCCC1.CC/C=C/C(=O)N1CCCCC1.CC/C=C/C(=O)N1CCN(C)CC1.CC/C=C/C(=O)N1CCNCC1. The molecule has 0 aromatic rings. The van der Waals surface area contributed by atoms with E-state index >= 15 is 0 Å². The van der Waals surface area contributed by atoms with Crippen LogP contribution in [0.3, 0.4) is 0 Å². The highest BCUT2D eigenvalue weighted by Crippen LogP contribution is 2.28. The van der Waals surface area contributed by atoms with Gasteiger partial charge in [-0.3, -0.25) is 33.6 Å². The van der Waals surface area contributed by atoms with E-state index in [9.17, 15) is 33.6 Å². The minimum Gasteiger partial charge on any atom is -0.339 e. The number of piperidine rings is 2. The Bertz CT molecular complexity index is 1900. The Morgan fingerprint density at radius 1 is 0.306 bits per heavy atom. The number of ketones is 2. The molecule has 0 bridgehead atoms. The first-order chi connectivity index (χ1) is 41.3. The third-order valence-corrected chi connectivity index (χ3v) is 15.7. The lowest BCUT2D eigenvalue weighted by Crippen LogP contribution is -2.46. The number of likely N-dealkylation sites (N-methyl/N-ethyl adjacent to an activating group) is 1. The molecule has 2 aliphatic carbocycles. The van der Waals surface area contributed by atoms with Gasteiger partial charge < -0.3 is 34.7 Å². The minimum atomic E-state index is 0.151. The van der Waals surface area contributed by atoms with Crippen LogP contribution in [0.4, 0.5) is 0 Å². The van der Waals surface area contributed by atoms with Gasteiger partial charge in [0.25, 0.3) is 0 Å². The number of rotatable bonds is 18. The normalized spacial score (nSPS) is 18.9. The van der Waals surface area contributed by atoms with E-state index in [4.69, 9.17) is 0 Å². The van der Waals surface area contributed by atoms with Gasteiger partial charge in [0.15, 0.2) is 11.6 Å². The predicted molar refractivity (Wildman–Crippen MR) is 354 cm³/mol. The van der Waals surface area contributed by atoms with Crippen molar-refractivity contribution in [2.45, 2.75) is 215 Å². The summed E-state index contributed by atoms with van der Waals surface area (Å²) in [5.74, 6) is 2.91. The molecule has 0 spiro atoms. The molecule has 0 atom stereocenters. The summed E-state index contributed by atoms with van der Waals surface area (Å²) in [5, 5.41) is 3.21. The second-order valence-corrected chi connectivity index (χ2v) is 23.2. The molecular formula is C71H121N7O7. The summed E-state index contributed by atoms with van der Waals surface area (Å²) in [6, 6.07) is 0. The highest BCUT2D eigenvalue weighted by atomic mass is 16.2. The lowest BCUT2D eigenvalue weighted by atomic mass is 9.86. The van der Waals surface area contributed by atoms with E-state index in [1.807, 2.05) is 102 Å². The zero-order valence-corrected chi connectivity index (χ0v) is 55.1. The Hall–Kier alpha value is -5.21. The topological polar surface area (TPSA) is 151 Å². The molecule has 0 radical (unpaired) electrons. The number of likely N-dealkylation sites (tertiary alicyclic amines) is 3. The third kappa shape index (κ3) is 40.7. The van der Waals surface area contributed by atoms with Gasteiger partial charge in [0, 0.05) is 104 Å². The Morgan fingerprint density at radius 3 is 0.835 bits per heavy atom. The van der Waals surface area contributed by atoms with Crippen molar-refractivity contribution in [3.63, 3.8) is 0 Å². The Labute approximate surface area is 518 Å². The Kier molecular flexibility index (Phi) is 48.6. The van der Waals surface area contributed by atoms with Crippen molar-refractivity contribution in [1.82, 2.24) is 34.7 Å². The second kappa shape index (κ2) is 53.1. The van der Waals surface area contributed by atoms with Crippen LogP contribution < -0.4 is 5.32 Å². The van der Waals surface area contributed by atoms with Gasteiger partial charge in [0.05, 0.1) is 0 Å². The van der Waals surface area contributed by atoms with Crippen LogP contribution in [0.5, 0.6) is 0 Å². The van der Waals surface area contributed by atoms with Crippen LogP contribution >= 0.6 is 0 Å². The van der Waals surface area contributed by atoms with Crippen molar-refractivity contribution in [2.75, 3.05) is 98.7 Å². The molecule has 1 N–H and O–H groups in total. The maximum absolute atomic E-state index is 11.5. The molecular weight excluding hydrogens is 1060 g/mol. The molecule has 482 valence electrons. The van der Waals surface area contributed by atoms with Crippen molar-refractivity contribution < 1.29 is 33.6 Å². The summed E-state index contributed by atoms with van der Waals surface area (Å²) in [5.41, 5.74) is 0. The van der Waals surface area contributed by atoms with Crippen LogP contribution in [0.15, 0.2) is 85.1 Å². The van der Waals surface area contributed by atoms with Crippen LogP contribution in [-0.2, 0) is 33.6 Å². The molecule has 2 saturated carbocycles. The van der Waals surface area contributed by atoms with Crippen LogP contribution in [-0.4, -0.2) is 169 Å². The van der Waals surface area contributed by atoms with Crippen molar-refractivity contribution in [3.05, 3.63) is 85.1 Å². The largest absolute Gasteiger partial charge is 0.339 e. The number of nitrogens with zero attached hydrogens (tertiary/aromatic N) is 6. The molecule has 14 heteroatoms. The molecule has 7 rings (SSSR count). The van der Waals surface area contributed by atoms with Gasteiger partial charge in [0.1, 0.15) is 0 Å². The minimum absolute atomic E-state index is 0.151. The first kappa shape index (κ1) is 77.8. The van der Waals surface area contributed by atoms with E-state index in [1.54, 1.807) is 42.5 Å². The molecule has 5 heterocycles. The first-order valence-electron chi connectivity index (χ1n) is 33.8. The summed E-state index contributed by atoms with van der Waals surface area (Å²) < 4.78 is 0. The average molecular weight is 1180 g/mol. The molecule has 0 aromatic heterocycles. The monoisotopic (exact) mass is 1180 g/mol. The highest BCUT2D eigenvalue weighted by molar-refractivity contribution is 5.91. The number of allylic oxidation sites excluding steroid dienone is 9. The molecule has 14 nitrogen and oxygen atoms in total. The number of carbonyl (C=O) groups is 7. The number of nitrogens with one attached hydrogen (secondary N) is 1. The number of piperazine rings is 2. The smallest absolute Gasteiger partial charge is 0.246 e. The van der Waals surface area contributed by atoms with Gasteiger partial charge >= 0.3 is 0 Å². The lowest BCUT2D eigenvalue weighted by Gasteiger charge is -2.31. The van der Waals surface area contributed by atoms with Gasteiger partial charge in [-0.25, -0.2) is 0 Å². The summed E-state index contributed by atoms with van der Waals surface area (Å²) in [7, 11) is 2.09. The van der Waals surface area contributed by atoms with Gasteiger partial charge in [0.2, 0.25) is 29.5 Å². The molecule has 5 amide bonds. The van der Waals surface area contributed by atoms with Gasteiger partial charge in [-0.05, 0) is 158 Å².